The van der Waals surface area contributed by atoms with Crippen LogP contribution in [0.15, 0.2) is 84.9 Å². The monoisotopic (exact) mass is 420 g/mol. The van der Waals surface area contributed by atoms with Crippen molar-refractivity contribution in [2.24, 2.45) is 0 Å². The molecule has 0 aliphatic carbocycles. The molecular formula is C28H27BNO2. The summed E-state index contributed by atoms with van der Waals surface area (Å²) < 4.78 is 8.37. The quantitative estimate of drug-likeness (QED) is 0.368. The molecule has 1 N–H and O–H groups in total. The van der Waals surface area contributed by atoms with E-state index in [1.807, 2.05) is 19.9 Å². The molecular weight excluding hydrogens is 393 g/mol. The lowest BCUT2D eigenvalue weighted by atomic mass is 9.82. The van der Waals surface area contributed by atoms with E-state index in [1.54, 1.807) is 21.3 Å². The van der Waals surface area contributed by atoms with Gasteiger partial charge in [0, 0.05) is 21.8 Å². The van der Waals surface area contributed by atoms with Crippen LogP contribution in [0.4, 0.5) is 0 Å². The highest BCUT2D eigenvalue weighted by molar-refractivity contribution is 6.47. The van der Waals surface area contributed by atoms with E-state index in [4.69, 9.17) is 4.65 Å². The standard InChI is InChI=1S/C28H27BNO2/c1-27(2,31)28(3,4)32-29-20-15-17-23-24-16-14-19-10-8-9-13-22(19)26(24)30(25(23)18-20)21-11-6-5-7-12-21/h5-18,31H,1-4H3. The van der Waals surface area contributed by atoms with E-state index >= 15 is 0 Å². The highest BCUT2D eigenvalue weighted by Gasteiger charge is 2.35. The van der Waals surface area contributed by atoms with Crippen LogP contribution in [-0.2, 0) is 4.65 Å². The second-order valence-corrected chi connectivity index (χ2v) is 9.44. The molecule has 0 fully saturated rings. The zero-order valence-corrected chi connectivity index (χ0v) is 19.0. The van der Waals surface area contributed by atoms with Gasteiger partial charge in [-0.15, -0.1) is 0 Å². The van der Waals surface area contributed by atoms with Crippen molar-refractivity contribution in [3.8, 4) is 5.69 Å². The van der Waals surface area contributed by atoms with Crippen LogP contribution in [0.5, 0.6) is 0 Å². The first-order valence-corrected chi connectivity index (χ1v) is 11.0. The lowest BCUT2D eigenvalue weighted by Gasteiger charge is -2.37. The summed E-state index contributed by atoms with van der Waals surface area (Å²) in [6, 6.07) is 29.8. The van der Waals surface area contributed by atoms with Crippen molar-refractivity contribution in [1.29, 1.82) is 0 Å². The lowest BCUT2D eigenvalue weighted by molar-refractivity contribution is -0.0893. The third-order valence-corrected chi connectivity index (χ3v) is 6.65. The second kappa shape index (κ2) is 7.51. The van der Waals surface area contributed by atoms with Crippen molar-refractivity contribution in [1.82, 2.24) is 4.57 Å². The molecule has 3 nitrogen and oxygen atoms in total. The summed E-state index contributed by atoms with van der Waals surface area (Å²) in [4.78, 5) is 0. The van der Waals surface area contributed by atoms with Gasteiger partial charge >= 0.3 is 7.48 Å². The number of hydrogen-bond donors (Lipinski definition) is 1. The number of hydrogen-bond acceptors (Lipinski definition) is 2. The number of benzene rings is 4. The van der Waals surface area contributed by atoms with Gasteiger partial charge in [-0.2, -0.15) is 0 Å². The van der Waals surface area contributed by atoms with Crippen molar-refractivity contribution < 1.29 is 9.76 Å². The van der Waals surface area contributed by atoms with Crippen LogP contribution in [0.3, 0.4) is 0 Å². The minimum absolute atomic E-state index is 0.718. The zero-order valence-electron chi connectivity index (χ0n) is 19.0. The Labute approximate surface area is 189 Å². The van der Waals surface area contributed by atoms with E-state index in [0.29, 0.717) is 0 Å². The molecule has 1 heterocycles. The van der Waals surface area contributed by atoms with Crippen LogP contribution in [0, 0.1) is 0 Å². The summed E-state index contributed by atoms with van der Waals surface area (Å²) in [5.41, 5.74) is 2.73. The molecule has 0 atom stereocenters. The number of rotatable bonds is 5. The summed E-state index contributed by atoms with van der Waals surface area (Å²) in [6.07, 6.45) is 0. The van der Waals surface area contributed by atoms with Gasteiger partial charge in [0.15, 0.2) is 0 Å². The minimum Gasteiger partial charge on any atom is -0.427 e. The van der Waals surface area contributed by atoms with Gasteiger partial charge in [0.25, 0.3) is 0 Å². The molecule has 0 saturated heterocycles. The minimum atomic E-state index is -0.967. The average Bonchev–Trinajstić information content (AvgIpc) is 3.11. The summed E-state index contributed by atoms with van der Waals surface area (Å²) in [6.45, 7) is 7.33. The van der Waals surface area contributed by atoms with Crippen LogP contribution >= 0.6 is 0 Å². The Bertz CT molecular complexity index is 1430. The van der Waals surface area contributed by atoms with Crippen molar-refractivity contribution in [2.75, 3.05) is 0 Å². The smallest absolute Gasteiger partial charge is 0.330 e. The fourth-order valence-corrected chi connectivity index (χ4v) is 4.07. The molecule has 0 spiro atoms. The van der Waals surface area contributed by atoms with Crippen LogP contribution in [0.1, 0.15) is 27.7 Å². The fourth-order valence-electron chi connectivity index (χ4n) is 4.07. The van der Waals surface area contributed by atoms with Crippen molar-refractivity contribution in [3.63, 3.8) is 0 Å². The topological polar surface area (TPSA) is 34.4 Å². The van der Waals surface area contributed by atoms with E-state index in [-0.39, 0.29) is 0 Å². The fraction of sp³-hybridized carbons (Fsp3) is 0.214. The Balaban J connectivity index is 1.73. The summed E-state index contributed by atoms with van der Waals surface area (Å²) >= 11 is 0. The maximum Gasteiger partial charge on any atom is 0.330 e. The average molecular weight is 420 g/mol. The predicted octanol–water partition coefficient (Wildman–Crippen LogP) is 5.75. The normalized spacial score (nSPS) is 12.7. The summed E-state index contributed by atoms with van der Waals surface area (Å²) in [5, 5.41) is 15.3. The highest BCUT2D eigenvalue weighted by atomic mass is 16.5. The molecule has 0 aliphatic heterocycles. The Hall–Kier alpha value is -3.08. The maximum atomic E-state index is 10.4. The largest absolute Gasteiger partial charge is 0.427 e. The molecule has 159 valence electrons. The van der Waals surface area contributed by atoms with Gasteiger partial charge in [-0.25, -0.2) is 0 Å². The van der Waals surface area contributed by atoms with Gasteiger partial charge < -0.3 is 14.3 Å². The van der Waals surface area contributed by atoms with Crippen molar-refractivity contribution in [3.05, 3.63) is 84.9 Å². The zero-order chi connectivity index (χ0) is 22.5. The van der Waals surface area contributed by atoms with Crippen LogP contribution in [0.2, 0.25) is 0 Å². The molecule has 0 aliphatic rings. The first-order chi connectivity index (χ1) is 15.3. The molecule has 0 unspecified atom stereocenters. The Morgan fingerprint density at radius 3 is 2.19 bits per heavy atom. The third kappa shape index (κ3) is 3.40. The van der Waals surface area contributed by atoms with Gasteiger partial charge in [0.05, 0.1) is 22.2 Å². The number of aromatic nitrogens is 1. The van der Waals surface area contributed by atoms with Gasteiger partial charge in [-0.3, -0.25) is 0 Å². The van der Waals surface area contributed by atoms with Crippen molar-refractivity contribution in [2.45, 2.75) is 38.9 Å². The van der Waals surface area contributed by atoms with Crippen molar-refractivity contribution >= 4 is 45.5 Å². The molecule has 0 saturated carbocycles. The van der Waals surface area contributed by atoms with Crippen LogP contribution in [0.25, 0.3) is 38.3 Å². The number of nitrogens with zero attached hydrogens (tertiary/aromatic N) is 1. The molecule has 1 aromatic heterocycles. The molecule has 5 aromatic rings. The molecule has 0 amide bonds. The molecule has 1 radical (unpaired) electrons. The van der Waals surface area contributed by atoms with Gasteiger partial charge in [0.1, 0.15) is 0 Å². The Morgan fingerprint density at radius 2 is 1.44 bits per heavy atom. The Morgan fingerprint density at radius 1 is 0.750 bits per heavy atom. The molecule has 5 rings (SSSR count). The lowest BCUT2D eigenvalue weighted by Crippen LogP contribution is -2.49. The summed E-state index contributed by atoms with van der Waals surface area (Å²) in [7, 11) is 1.75. The van der Waals surface area contributed by atoms with E-state index in [0.717, 1.165) is 16.7 Å². The third-order valence-electron chi connectivity index (χ3n) is 6.65. The molecule has 4 heteroatoms. The van der Waals surface area contributed by atoms with Gasteiger partial charge in [-0.05, 0) is 51.3 Å². The SMILES string of the molecule is CC(C)(O)C(C)(C)O[B]c1ccc2c3ccc4ccccc4c3n(-c3ccccc3)c2c1. The maximum absolute atomic E-state index is 10.4. The molecule has 4 aromatic carbocycles. The molecule has 32 heavy (non-hydrogen) atoms. The van der Waals surface area contributed by atoms with Gasteiger partial charge in [0.2, 0.25) is 0 Å². The Kier molecular flexibility index (Phi) is 4.88. The number of para-hydroxylation sites is 1. The van der Waals surface area contributed by atoms with E-state index in [9.17, 15) is 5.11 Å². The summed E-state index contributed by atoms with van der Waals surface area (Å²) in [5.74, 6) is 0. The van der Waals surface area contributed by atoms with E-state index in [2.05, 4.69) is 83.4 Å². The van der Waals surface area contributed by atoms with E-state index < -0.39 is 11.2 Å². The van der Waals surface area contributed by atoms with Gasteiger partial charge in [-0.1, -0.05) is 72.2 Å². The first-order valence-electron chi connectivity index (χ1n) is 11.0. The molecule has 0 bridgehead atoms. The van der Waals surface area contributed by atoms with Crippen LogP contribution < -0.4 is 5.46 Å². The van der Waals surface area contributed by atoms with Crippen LogP contribution in [-0.4, -0.2) is 28.4 Å². The van der Waals surface area contributed by atoms with E-state index in [1.165, 1.54) is 27.1 Å². The predicted molar refractivity (Wildman–Crippen MR) is 135 cm³/mol. The highest BCUT2D eigenvalue weighted by Crippen LogP contribution is 2.36. The first kappa shape index (κ1) is 20.8. The second-order valence-electron chi connectivity index (χ2n) is 9.44. The number of aliphatic hydroxyl groups is 1. The number of fused-ring (bicyclic) bond motifs is 5.